The molecule has 0 aliphatic carbocycles. The van der Waals surface area contributed by atoms with Gasteiger partial charge in [0, 0.05) is 6.04 Å². The molecule has 2 unspecified atom stereocenters. The summed E-state index contributed by atoms with van der Waals surface area (Å²) in [5.74, 6) is -0.440. The van der Waals surface area contributed by atoms with Crippen molar-refractivity contribution in [2.24, 2.45) is 5.92 Å². The monoisotopic (exact) mass is 331 g/mol. The van der Waals surface area contributed by atoms with Crippen molar-refractivity contribution in [1.29, 1.82) is 0 Å². The zero-order chi connectivity index (χ0) is 17.9. The first-order valence-electron chi connectivity index (χ1n) is 8.30. The van der Waals surface area contributed by atoms with E-state index in [0.29, 0.717) is 6.42 Å². The number of hydrogen-bond donors (Lipinski definition) is 2. The van der Waals surface area contributed by atoms with Crippen molar-refractivity contribution in [1.82, 2.24) is 15.5 Å². The number of nitrogens with one attached hydrogen (secondary N) is 2. The van der Waals surface area contributed by atoms with Crippen LogP contribution in [0.15, 0.2) is 30.3 Å². The van der Waals surface area contributed by atoms with E-state index < -0.39 is 11.6 Å². The highest BCUT2D eigenvalue weighted by Crippen LogP contribution is 2.32. The zero-order valence-electron chi connectivity index (χ0n) is 14.6. The van der Waals surface area contributed by atoms with Gasteiger partial charge in [-0.2, -0.15) is 0 Å². The Labute approximate surface area is 142 Å². The van der Waals surface area contributed by atoms with Gasteiger partial charge in [0.1, 0.15) is 12.1 Å². The number of imide groups is 1. The third-order valence-corrected chi connectivity index (χ3v) is 4.66. The van der Waals surface area contributed by atoms with Gasteiger partial charge in [0.15, 0.2) is 0 Å². The first-order chi connectivity index (χ1) is 11.3. The number of rotatable bonds is 6. The van der Waals surface area contributed by atoms with Gasteiger partial charge in [0.05, 0.1) is 0 Å². The second-order valence-electron chi connectivity index (χ2n) is 6.55. The molecule has 4 amide bonds. The quantitative estimate of drug-likeness (QED) is 0.783. The minimum Gasteiger partial charge on any atom is -0.352 e. The third-order valence-electron chi connectivity index (χ3n) is 4.66. The fraction of sp³-hybridized carbons (Fsp3) is 0.500. The molecule has 1 aliphatic rings. The average molecular weight is 331 g/mol. The fourth-order valence-corrected chi connectivity index (χ4v) is 2.74. The van der Waals surface area contributed by atoms with E-state index in [1.165, 1.54) is 0 Å². The normalized spacial score (nSPS) is 21.8. The maximum absolute atomic E-state index is 12.9. The van der Waals surface area contributed by atoms with Crippen molar-refractivity contribution in [3.63, 3.8) is 0 Å². The second kappa shape index (κ2) is 7.03. The van der Waals surface area contributed by atoms with Crippen LogP contribution in [0.3, 0.4) is 0 Å². The van der Waals surface area contributed by atoms with Crippen LogP contribution in [0.1, 0.15) is 39.7 Å². The first kappa shape index (κ1) is 18.0. The average Bonchev–Trinajstić information content (AvgIpc) is 2.80. The van der Waals surface area contributed by atoms with Crippen LogP contribution in [-0.4, -0.2) is 35.3 Å². The lowest BCUT2D eigenvalue weighted by atomic mass is 9.87. The Balaban J connectivity index is 2.18. The number of carbonyl (C=O) groups is 3. The van der Waals surface area contributed by atoms with Gasteiger partial charge in [-0.1, -0.05) is 51.1 Å². The van der Waals surface area contributed by atoms with E-state index in [1.54, 1.807) is 0 Å². The van der Waals surface area contributed by atoms with Gasteiger partial charge >= 0.3 is 6.03 Å². The van der Waals surface area contributed by atoms with E-state index in [0.717, 1.165) is 10.5 Å². The van der Waals surface area contributed by atoms with Crippen LogP contribution in [0.25, 0.3) is 0 Å². The van der Waals surface area contributed by atoms with Crippen molar-refractivity contribution in [2.75, 3.05) is 6.54 Å². The summed E-state index contributed by atoms with van der Waals surface area (Å²) >= 11 is 0. The molecule has 6 heteroatoms. The maximum atomic E-state index is 12.9. The molecule has 1 aromatic carbocycles. The standard InChI is InChI=1S/C18H25N3O3/c1-5-18(14-9-7-6-8-10-14)16(23)21(17(24)20-18)11-15(22)19-13(4)12(2)3/h6-10,12-13H,5,11H2,1-4H3,(H,19,22)(H,20,24). The lowest BCUT2D eigenvalue weighted by Gasteiger charge is -2.26. The van der Waals surface area contributed by atoms with E-state index in [1.807, 2.05) is 58.0 Å². The number of urea groups is 1. The molecule has 2 rings (SSSR count). The maximum Gasteiger partial charge on any atom is 0.325 e. The molecule has 2 atom stereocenters. The Hall–Kier alpha value is -2.37. The van der Waals surface area contributed by atoms with E-state index in [4.69, 9.17) is 0 Å². The zero-order valence-corrected chi connectivity index (χ0v) is 14.6. The molecule has 6 nitrogen and oxygen atoms in total. The molecule has 1 aliphatic heterocycles. The molecule has 0 radical (unpaired) electrons. The molecule has 0 bridgehead atoms. The molecular weight excluding hydrogens is 306 g/mol. The van der Waals surface area contributed by atoms with Crippen molar-refractivity contribution in [3.8, 4) is 0 Å². The predicted molar refractivity (Wildman–Crippen MR) is 91.1 cm³/mol. The van der Waals surface area contributed by atoms with E-state index in [9.17, 15) is 14.4 Å². The van der Waals surface area contributed by atoms with Crippen molar-refractivity contribution >= 4 is 17.8 Å². The SMILES string of the molecule is CCC1(c2ccccc2)NC(=O)N(CC(=O)NC(C)C(C)C)C1=O. The molecule has 0 aromatic heterocycles. The minimum atomic E-state index is -1.09. The number of amides is 4. The highest BCUT2D eigenvalue weighted by molar-refractivity contribution is 6.09. The minimum absolute atomic E-state index is 0.0247. The largest absolute Gasteiger partial charge is 0.352 e. The van der Waals surface area contributed by atoms with E-state index in [-0.39, 0.29) is 30.3 Å². The molecule has 1 aromatic rings. The Morgan fingerprint density at radius 3 is 2.38 bits per heavy atom. The van der Waals surface area contributed by atoms with Gasteiger partial charge in [-0.25, -0.2) is 4.79 Å². The molecule has 0 spiro atoms. The number of nitrogens with zero attached hydrogens (tertiary/aromatic N) is 1. The van der Waals surface area contributed by atoms with Crippen LogP contribution < -0.4 is 10.6 Å². The number of benzene rings is 1. The summed E-state index contributed by atoms with van der Waals surface area (Å²) in [5.41, 5.74) is -0.369. The van der Waals surface area contributed by atoms with Crippen LogP contribution in [-0.2, 0) is 15.1 Å². The molecular formula is C18H25N3O3. The predicted octanol–water partition coefficient (Wildman–Crippen LogP) is 2.00. The summed E-state index contributed by atoms with van der Waals surface area (Å²) in [5, 5.41) is 5.59. The third kappa shape index (κ3) is 3.27. The van der Waals surface area contributed by atoms with Crippen LogP contribution in [0, 0.1) is 5.92 Å². The van der Waals surface area contributed by atoms with Crippen LogP contribution >= 0.6 is 0 Å². The molecule has 2 N–H and O–H groups in total. The lowest BCUT2D eigenvalue weighted by molar-refractivity contribution is -0.135. The van der Waals surface area contributed by atoms with Gasteiger partial charge in [-0.3, -0.25) is 14.5 Å². The molecule has 1 fully saturated rings. The lowest BCUT2D eigenvalue weighted by Crippen LogP contribution is -2.46. The Kier molecular flexibility index (Phi) is 5.26. The summed E-state index contributed by atoms with van der Waals surface area (Å²) in [4.78, 5) is 38.3. The summed E-state index contributed by atoms with van der Waals surface area (Å²) in [7, 11) is 0. The van der Waals surface area contributed by atoms with E-state index in [2.05, 4.69) is 10.6 Å². The topological polar surface area (TPSA) is 78.5 Å². The molecule has 1 heterocycles. The van der Waals surface area contributed by atoms with Gasteiger partial charge in [-0.05, 0) is 24.8 Å². The van der Waals surface area contributed by atoms with Crippen LogP contribution in [0.2, 0.25) is 0 Å². The summed E-state index contributed by atoms with van der Waals surface area (Å²) < 4.78 is 0. The summed E-state index contributed by atoms with van der Waals surface area (Å²) in [6.45, 7) is 7.47. The molecule has 24 heavy (non-hydrogen) atoms. The Morgan fingerprint density at radius 2 is 1.83 bits per heavy atom. The van der Waals surface area contributed by atoms with Crippen molar-refractivity contribution in [2.45, 2.75) is 45.7 Å². The summed E-state index contributed by atoms with van der Waals surface area (Å²) in [6, 6.07) is 8.57. The van der Waals surface area contributed by atoms with Crippen molar-refractivity contribution < 1.29 is 14.4 Å². The number of carbonyl (C=O) groups excluding carboxylic acids is 3. The smallest absolute Gasteiger partial charge is 0.325 e. The molecule has 1 saturated heterocycles. The van der Waals surface area contributed by atoms with Gasteiger partial charge < -0.3 is 10.6 Å². The van der Waals surface area contributed by atoms with Gasteiger partial charge in [-0.15, -0.1) is 0 Å². The fourth-order valence-electron chi connectivity index (χ4n) is 2.74. The van der Waals surface area contributed by atoms with E-state index >= 15 is 0 Å². The Bertz CT molecular complexity index is 630. The van der Waals surface area contributed by atoms with Crippen LogP contribution in [0.5, 0.6) is 0 Å². The Morgan fingerprint density at radius 1 is 1.21 bits per heavy atom. The highest BCUT2D eigenvalue weighted by atomic mass is 16.2. The highest BCUT2D eigenvalue weighted by Gasteiger charge is 2.51. The number of hydrogen-bond acceptors (Lipinski definition) is 3. The second-order valence-corrected chi connectivity index (χ2v) is 6.55. The molecule has 130 valence electrons. The van der Waals surface area contributed by atoms with Gasteiger partial charge in [0.2, 0.25) is 5.91 Å². The van der Waals surface area contributed by atoms with Crippen LogP contribution in [0.4, 0.5) is 4.79 Å². The summed E-state index contributed by atoms with van der Waals surface area (Å²) in [6.07, 6.45) is 0.419. The van der Waals surface area contributed by atoms with Crippen molar-refractivity contribution in [3.05, 3.63) is 35.9 Å². The first-order valence-corrected chi connectivity index (χ1v) is 8.30. The molecule has 0 saturated carbocycles. The van der Waals surface area contributed by atoms with Gasteiger partial charge in [0.25, 0.3) is 5.91 Å².